The van der Waals surface area contributed by atoms with Gasteiger partial charge in [-0.15, -0.1) is 0 Å². The Bertz CT molecular complexity index is 950. The second kappa shape index (κ2) is 7.48. The van der Waals surface area contributed by atoms with Crippen LogP contribution in [0.15, 0.2) is 47.2 Å². The first-order chi connectivity index (χ1) is 13.1. The van der Waals surface area contributed by atoms with Crippen LogP contribution in [0.25, 0.3) is 22.4 Å². The molecule has 1 N–H and O–H groups in total. The number of oxazole rings is 1. The van der Waals surface area contributed by atoms with Gasteiger partial charge in [-0.05, 0) is 44.9 Å². The standard InChI is InChI=1S/C21H24N4O2/c1-14(2)25-10-9-15(12-25)11-22-21(26)19-20(27-13-23-19)18-8-7-16-5-3-4-6-17(16)24-18/h3-8,13-15H,9-12H2,1-2H3,(H,22,26). The molecular weight excluding hydrogens is 340 g/mol. The molecule has 0 bridgehead atoms. The van der Waals surface area contributed by atoms with Gasteiger partial charge in [-0.1, -0.05) is 24.3 Å². The van der Waals surface area contributed by atoms with Crippen molar-refractivity contribution < 1.29 is 9.21 Å². The van der Waals surface area contributed by atoms with Crippen LogP contribution in [0.5, 0.6) is 0 Å². The molecule has 1 aliphatic rings. The molecule has 1 amide bonds. The van der Waals surface area contributed by atoms with E-state index in [2.05, 4.69) is 34.0 Å². The highest BCUT2D eigenvalue weighted by molar-refractivity contribution is 5.97. The van der Waals surface area contributed by atoms with Gasteiger partial charge >= 0.3 is 0 Å². The van der Waals surface area contributed by atoms with Crippen LogP contribution in [-0.2, 0) is 0 Å². The van der Waals surface area contributed by atoms with Gasteiger partial charge in [0.1, 0.15) is 5.69 Å². The van der Waals surface area contributed by atoms with Crippen LogP contribution in [0.4, 0.5) is 0 Å². The van der Waals surface area contributed by atoms with Gasteiger partial charge < -0.3 is 14.6 Å². The molecule has 6 heteroatoms. The van der Waals surface area contributed by atoms with Crippen molar-refractivity contribution in [1.29, 1.82) is 0 Å². The number of carbonyl (C=O) groups excluding carboxylic acids is 1. The summed E-state index contributed by atoms with van der Waals surface area (Å²) < 4.78 is 5.50. The quantitative estimate of drug-likeness (QED) is 0.752. The van der Waals surface area contributed by atoms with E-state index < -0.39 is 0 Å². The Morgan fingerprint density at radius 1 is 1.30 bits per heavy atom. The lowest BCUT2D eigenvalue weighted by Gasteiger charge is -2.20. The van der Waals surface area contributed by atoms with E-state index in [1.165, 1.54) is 6.39 Å². The summed E-state index contributed by atoms with van der Waals surface area (Å²) in [5.74, 6) is 0.677. The summed E-state index contributed by atoms with van der Waals surface area (Å²) in [4.78, 5) is 23.8. The second-order valence-electron chi connectivity index (χ2n) is 7.37. The van der Waals surface area contributed by atoms with E-state index in [9.17, 15) is 4.79 Å². The number of para-hydroxylation sites is 1. The number of nitrogens with one attached hydrogen (secondary N) is 1. The number of benzene rings is 1. The molecule has 4 rings (SSSR count). The molecule has 1 saturated heterocycles. The first-order valence-electron chi connectivity index (χ1n) is 9.43. The van der Waals surface area contributed by atoms with Gasteiger partial charge in [0.2, 0.25) is 0 Å². The number of pyridine rings is 1. The molecule has 3 heterocycles. The zero-order chi connectivity index (χ0) is 18.8. The summed E-state index contributed by atoms with van der Waals surface area (Å²) in [6.07, 6.45) is 2.41. The minimum Gasteiger partial charge on any atom is -0.441 e. The van der Waals surface area contributed by atoms with Crippen molar-refractivity contribution in [2.45, 2.75) is 26.3 Å². The summed E-state index contributed by atoms with van der Waals surface area (Å²) in [6, 6.07) is 12.2. The fourth-order valence-corrected chi connectivity index (χ4v) is 3.60. The maximum absolute atomic E-state index is 12.7. The highest BCUT2D eigenvalue weighted by Gasteiger charge is 2.26. The zero-order valence-corrected chi connectivity index (χ0v) is 15.7. The lowest BCUT2D eigenvalue weighted by molar-refractivity contribution is 0.0943. The van der Waals surface area contributed by atoms with Crippen LogP contribution in [-0.4, -0.2) is 46.5 Å². The van der Waals surface area contributed by atoms with Crippen LogP contribution in [0, 0.1) is 5.92 Å². The van der Waals surface area contributed by atoms with E-state index in [1.54, 1.807) is 0 Å². The molecule has 140 valence electrons. The fraction of sp³-hybridized carbons (Fsp3) is 0.381. The molecule has 1 fully saturated rings. The van der Waals surface area contributed by atoms with Crippen molar-refractivity contribution in [2.75, 3.05) is 19.6 Å². The molecule has 6 nitrogen and oxygen atoms in total. The predicted octanol–water partition coefficient (Wildman–Crippen LogP) is 3.35. The lowest BCUT2D eigenvalue weighted by atomic mass is 10.1. The van der Waals surface area contributed by atoms with Crippen molar-refractivity contribution in [3.63, 3.8) is 0 Å². The van der Waals surface area contributed by atoms with Gasteiger partial charge in [-0.25, -0.2) is 9.97 Å². The second-order valence-corrected chi connectivity index (χ2v) is 7.37. The average Bonchev–Trinajstić information content (AvgIpc) is 3.35. The topological polar surface area (TPSA) is 71.3 Å². The third-order valence-corrected chi connectivity index (χ3v) is 5.21. The van der Waals surface area contributed by atoms with Gasteiger partial charge in [0.05, 0.1) is 5.52 Å². The molecule has 3 aromatic rings. The average molecular weight is 364 g/mol. The summed E-state index contributed by atoms with van der Waals surface area (Å²) in [7, 11) is 0. The van der Waals surface area contributed by atoms with Crippen LogP contribution < -0.4 is 5.32 Å². The number of rotatable bonds is 5. The fourth-order valence-electron chi connectivity index (χ4n) is 3.60. The van der Waals surface area contributed by atoms with Gasteiger partial charge in [0.25, 0.3) is 5.91 Å². The first-order valence-corrected chi connectivity index (χ1v) is 9.43. The van der Waals surface area contributed by atoms with E-state index >= 15 is 0 Å². The number of aromatic nitrogens is 2. The Labute approximate surface area is 158 Å². The number of likely N-dealkylation sites (tertiary alicyclic amines) is 1. The molecule has 1 aliphatic heterocycles. The summed E-state index contributed by atoms with van der Waals surface area (Å²) in [5.41, 5.74) is 1.76. The van der Waals surface area contributed by atoms with Crippen molar-refractivity contribution >= 4 is 16.8 Å². The molecule has 0 spiro atoms. The Hall–Kier alpha value is -2.73. The SMILES string of the molecule is CC(C)N1CCC(CNC(=O)c2ncoc2-c2ccc3ccccc3n2)C1. The number of fused-ring (bicyclic) bond motifs is 1. The third-order valence-electron chi connectivity index (χ3n) is 5.21. The molecule has 1 atom stereocenters. The smallest absolute Gasteiger partial charge is 0.273 e. The van der Waals surface area contributed by atoms with Crippen LogP contribution in [0.2, 0.25) is 0 Å². The Morgan fingerprint density at radius 2 is 2.15 bits per heavy atom. The summed E-state index contributed by atoms with van der Waals surface area (Å²) in [5, 5.41) is 4.06. The van der Waals surface area contributed by atoms with E-state index in [1.807, 2.05) is 36.4 Å². The van der Waals surface area contributed by atoms with Crippen molar-refractivity contribution in [1.82, 2.24) is 20.2 Å². The monoisotopic (exact) mass is 364 g/mol. The largest absolute Gasteiger partial charge is 0.441 e. The Kier molecular flexibility index (Phi) is 4.90. The van der Waals surface area contributed by atoms with Gasteiger partial charge in [0.15, 0.2) is 17.8 Å². The minimum absolute atomic E-state index is 0.211. The molecular formula is C21H24N4O2. The van der Waals surface area contributed by atoms with E-state index in [4.69, 9.17) is 4.42 Å². The number of carbonyl (C=O) groups is 1. The Balaban J connectivity index is 1.47. The van der Waals surface area contributed by atoms with Crippen LogP contribution >= 0.6 is 0 Å². The highest BCUT2D eigenvalue weighted by Crippen LogP contribution is 2.24. The Morgan fingerprint density at radius 3 is 2.96 bits per heavy atom. The third kappa shape index (κ3) is 3.71. The van der Waals surface area contributed by atoms with E-state index in [0.29, 0.717) is 30.0 Å². The summed E-state index contributed by atoms with van der Waals surface area (Å²) >= 11 is 0. The normalized spacial score (nSPS) is 17.7. The van der Waals surface area contributed by atoms with Gasteiger partial charge in [-0.2, -0.15) is 0 Å². The maximum Gasteiger partial charge on any atom is 0.273 e. The molecule has 0 saturated carbocycles. The molecule has 27 heavy (non-hydrogen) atoms. The number of hydrogen-bond acceptors (Lipinski definition) is 5. The molecule has 1 unspecified atom stereocenters. The number of nitrogens with zero attached hydrogens (tertiary/aromatic N) is 3. The summed E-state index contributed by atoms with van der Waals surface area (Å²) in [6.45, 7) is 7.18. The van der Waals surface area contributed by atoms with Gasteiger partial charge in [0, 0.05) is 24.5 Å². The molecule has 0 radical (unpaired) electrons. The minimum atomic E-state index is -0.211. The molecule has 2 aromatic heterocycles. The van der Waals surface area contributed by atoms with Crippen molar-refractivity contribution in [2.24, 2.45) is 5.92 Å². The maximum atomic E-state index is 12.7. The van der Waals surface area contributed by atoms with Gasteiger partial charge in [-0.3, -0.25) is 4.79 Å². The zero-order valence-electron chi connectivity index (χ0n) is 15.7. The van der Waals surface area contributed by atoms with Crippen molar-refractivity contribution in [3.8, 4) is 11.5 Å². The van der Waals surface area contributed by atoms with Crippen LogP contribution in [0.3, 0.4) is 0 Å². The van der Waals surface area contributed by atoms with E-state index in [0.717, 1.165) is 30.4 Å². The molecule has 0 aliphatic carbocycles. The van der Waals surface area contributed by atoms with Crippen molar-refractivity contribution in [3.05, 3.63) is 48.5 Å². The number of hydrogen-bond donors (Lipinski definition) is 1. The van der Waals surface area contributed by atoms with E-state index in [-0.39, 0.29) is 11.6 Å². The predicted molar refractivity (Wildman–Crippen MR) is 104 cm³/mol. The molecule has 1 aromatic carbocycles. The van der Waals surface area contributed by atoms with Crippen LogP contribution in [0.1, 0.15) is 30.8 Å². The number of amides is 1. The highest BCUT2D eigenvalue weighted by atomic mass is 16.3. The first kappa shape index (κ1) is 17.7. The lowest BCUT2D eigenvalue weighted by Crippen LogP contribution is -2.33.